The van der Waals surface area contributed by atoms with Crippen molar-refractivity contribution in [2.45, 2.75) is 6.42 Å². The summed E-state index contributed by atoms with van der Waals surface area (Å²) in [6.07, 6.45) is 0.826. The molecule has 0 atom stereocenters. The smallest absolute Gasteiger partial charge is 0.164 e. The number of anilines is 3. The molecule has 254 valence electrons. The van der Waals surface area contributed by atoms with Gasteiger partial charge in [-0.05, 0) is 93.0 Å². The van der Waals surface area contributed by atoms with Gasteiger partial charge in [-0.3, -0.25) is 0 Å². The molecule has 0 aliphatic heterocycles. The Morgan fingerprint density at radius 1 is 0.315 bits per heavy atom. The van der Waals surface area contributed by atoms with Crippen LogP contribution in [-0.2, 0) is 6.42 Å². The lowest BCUT2D eigenvalue weighted by Gasteiger charge is -2.26. The lowest BCUT2D eigenvalue weighted by atomic mass is 10.0. The topological polar surface area (TPSA) is 41.9 Å². The third-order valence-electron chi connectivity index (χ3n) is 10.3. The second kappa shape index (κ2) is 13.4. The van der Waals surface area contributed by atoms with Gasteiger partial charge >= 0.3 is 0 Å². The third-order valence-corrected chi connectivity index (χ3v) is 10.3. The number of fused-ring (bicyclic) bond motifs is 4. The maximum absolute atomic E-state index is 5.00. The highest BCUT2D eigenvalue weighted by atomic mass is 15.1. The van der Waals surface area contributed by atoms with E-state index < -0.39 is 0 Å². The third kappa shape index (κ3) is 5.90. The minimum atomic E-state index is 0.665. The minimum Gasteiger partial charge on any atom is -0.310 e. The molecule has 0 radical (unpaired) electrons. The van der Waals surface area contributed by atoms with Crippen molar-refractivity contribution in [1.29, 1.82) is 0 Å². The van der Waals surface area contributed by atoms with Crippen LogP contribution in [0.4, 0.5) is 17.1 Å². The normalized spacial score (nSPS) is 11.6. The fraction of sp³-hybridized carbons (Fsp3) is 0.0200. The molecule has 0 saturated carbocycles. The summed E-state index contributed by atoms with van der Waals surface area (Å²) in [5, 5.41) is 2.44. The van der Waals surface area contributed by atoms with Crippen molar-refractivity contribution in [2.24, 2.45) is 0 Å². The van der Waals surface area contributed by atoms with Crippen molar-refractivity contribution in [3.8, 4) is 56.4 Å². The molecule has 4 heteroatoms. The Morgan fingerprint density at radius 2 is 0.759 bits per heavy atom. The summed E-state index contributed by atoms with van der Waals surface area (Å²) in [7, 11) is 0. The van der Waals surface area contributed by atoms with Crippen LogP contribution < -0.4 is 4.90 Å². The van der Waals surface area contributed by atoms with Crippen LogP contribution in [0.15, 0.2) is 194 Å². The molecule has 10 rings (SSSR count). The van der Waals surface area contributed by atoms with Crippen LogP contribution >= 0.6 is 0 Å². The van der Waals surface area contributed by atoms with Crippen molar-refractivity contribution in [2.75, 3.05) is 4.90 Å². The van der Waals surface area contributed by atoms with Crippen LogP contribution in [-0.4, -0.2) is 15.0 Å². The van der Waals surface area contributed by atoms with E-state index in [-0.39, 0.29) is 0 Å². The van der Waals surface area contributed by atoms with Gasteiger partial charge in [0.1, 0.15) is 0 Å². The summed E-state index contributed by atoms with van der Waals surface area (Å²) in [6, 6.07) is 68.5. The van der Waals surface area contributed by atoms with Gasteiger partial charge in [-0.25, -0.2) is 15.0 Å². The van der Waals surface area contributed by atoms with E-state index in [2.05, 4.69) is 138 Å². The first-order valence-electron chi connectivity index (χ1n) is 18.3. The van der Waals surface area contributed by atoms with Gasteiger partial charge < -0.3 is 4.90 Å². The van der Waals surface area contributed by atoms with Crippen molar-refractivity contribution in [3.05, 3.63) is 205 Å². The number of benzene rings is 8. The predicted molar refractivity (Wildman–Crippen MR) is 222 cm³/mol. The zero-order chi connectivity index (χ0) is 35.8. The van der Waals surface area contributed by atoms with Crippen LogP contribution in [0.25, 0.3) is 67.2 Å². The first-order valence-corrected chi connectivity index (χ1v) is 18.3. The lowest BCUT2D eigenvalue weighted by molar-refractivity contribution is 1.07. The Kier molecular flexibility index (Phi) is 7.85. The molecule has 0 spiro atoms. The van der Waals surface area contributed by atoms with Crippen LogP contribution in [0.3, 0.4) is 0 Å². The molecule has 0 saturated heterocycles. The van der Waals surface area contributed by atoms with Gasteiger partial charge in [0.05, 0.1) is 0 Å². The van der Waals surface area contributed by atoms with Gasteiger partial charge in [0.25, 0.3) is 0 Å². The van der Waals surface area contributed by atoms with Crippen molar-refractivity contribution in [1.82, 2.24) is 15.0 Å². The highest BCUT2D eigenvalue weighted by molar-refractivity contribution is 5.90. The monoisotopic (exact) mass is 690 g/mol. The number of hydrogen-bond donors (Lipinski definition) is 0. The minimum absolute atomic E-state index is 0.665. The van der Waals surface area contributed by atoms with Gasteiger partial charge in [-0.1, -0.05) is 152 Å². The first-order chi connectivity index (χ1) is 26.7. The Bertz CT molecular complexity index is 2720. The number of rotatable bonds is 7. The summed E-state index contributed by atoms with van der Waals surface area (Å²) in [5.41, 5.74) is 13.8. The van der Waals surface area contributed by atoms with E-state index in [0.717, 1.165) is 40.2 Å². The number of hydrogen-bond acceptors (Lipinski definition) is 4. The second-order valence-electron chi connectivity index (χ2n) is 13.7. The highest BCUT2D eigenvalue weighted by Crippen LogP contribution is 2.43. The van der Waals surface area contributed by atoms with Crippen molar-refractivity contribution in [3.63, 3.8) is 0 Å². The van der Waals surface area contributed by atoms with Gasteiger partial charge in [-0.2, -0.15) is 0 Å². The van der Waals surface area contributed by atoms with Gasteiger partial charge in [0.2, 0.25) is 0 Å². The molecule has 0 bridgehead atoms. The molecule has 9 aromatic rings. The average molecular weight is 691 g/mol. The lowest BCUT2D eigenvalue weighted by Crippen LogP contribution is -2.10. The summed E-state index contributed by atoms with van der Waals surface area (Å²) >= 11 is 0. The zero-order valence-electron chi connectivity index (χ0n) is 29.5. The Hall–Kier alpha value is -7.17. The van der Waals surface area contributed by atoms with Gasteiger partial charge in [-0.15, -0.1) is 0 Å². The standard InChI is InChI=1S/C50H34N4/c1-4-12-34(13-5-1)36-20-24-43(25-21-36)54(44-26-22-35-14-10-11-19-39(35)32-44)45-27-29-47-42(33-45)31-41-30-40(23-28-46(41)47)50-52-48(37-15-6-2-7-16-37)51-49(53-50)38-17-8-3-9-18-38/h1-30,32-33H,31H2. The molecule has 8 aromatic carbocycles. The maximum atomic E-state index is 5.00. The predicted octanol–water partition coefficient (Wildman–Crippen LogP) is 12.7. The fourth-order valence-electron chi connectivity index (χ4n) is 7.61. The van der Waals surface area contributed by atoms with Crippen LogP contribution in [0.5, 0.6) is 0 Å². The van der Waals surface area contributed by atoms with Crippen molar-refractivity contribution < 1.29 is 0 Å². The van der Waals surface area contributed by atoms with E-state index in [9.17, 15) is 0 Å². The molecule has 0 fully saturated rings. The summed E-state index contributed by atoms with van der Waals surface area (Å²) in [4.78, 5) is 17.3. The van der Waals surface area contributed by atoms with E-state index in [0.29, 0.717) is 17.5 Å². The molecule has 1 heterocycles. The van der Waals surface area contributed by atoms with Crippen LogP contribution in [0, 0.1) is 0 Å². The van der Waals surface area contributed by atoms with Crippen LogP contribution in [0.2, 0.25) is 0 Å². The molecular formula is C50H34N4. The largest absolute Gasteiger partial charge is 0.310 e. The van der Waals surface area contributed by atoms with E-state index in [4.69, 9.17) is 15.0 Å². The summed E-state index contributed by atoms with van der Waals surface area (Å²) in [6.45, 7) is 0. The van der Waals surface area contributed by atoms with Gasteiger partial charge in [0.15, 0.2) is 17.5 Å². The number of nitrogens with zero attached hydrogens (tertiary/aromatic N) is 4. The molecule has 4 nitrogen and oxygen atoms in total. The Morgan fingerprint density at radius 3 is 1.41 bits per heavy atom. The molecule has 54 heavy (non-hydrogen) atoms. The quantitative estimate of drug-likeness (QED) is 0.167. The highest BCUT2D eigenvalue weighted by Gasteiger charge is 2.23. The fourth-order valence-corrected chi connectivity index (χ4v) is 7.61. The molecule has 1 aliphatic rings. The second-order valence-corrected chi connectivity index (χ2v) is 13.7. The molecule has 0 N–H and O–H groups in total. The van der Waals surface area contributed by atoms with E-state index >= 15 is 0 Å². The molecular weight excluding hydrogens is 657 g/mol. The van der Waals surface area contributed by atoms with Crippen molar-refractivity contribution >= 4 is 27.8 Å². The number of aromatic nitrogens is 3. The summed E-state index contributed by atoms with van der Waals surface area (Å²) < 4.78 is 0. The SMILES string of the molecule is c1ccc(-c2ccc(N(c3ccc4c(c3)Cc3cc(-c5nc(-c6ccccc6)nc(-c6ccccc6)n5)ccc3-4)c3ccc4ccccc4c3)cc2)cc1. The van der Waals surface area contributed by atoms with Crippen LogP contribution in [0.1, 0.15) is 11.1 Å². The van der Waals surface area contributed by atoms with Gasteiger partial charge in [0, 0.05) is 33.8 Å². The molecule has 0 amide bonds. The molecule has 1 aliphatic carbocycles. The molecule has 0 unspecified atom stereocenters. The average Bonchev–Trinajstić information content (AvgIpc) is 3.62. The Labute approximate surface area is 314 Å². The van der Waals surface area contributed by atoms with E-state index in [1.165, 1.54) is 44.2 Å². The Balaban J connectivity index is 1.03. The maximum Gasteiger partial charge on any atom is 0.164 e. The molecule has 1 aromatic heterocycles. The zero-order valence-corrected chi connectivity index (χ0v) is 29.5. The summed E-state index contributed by atoms with van der Waals surface area (Å²) in [5.74, 6) is 2.00. The van der Waals surface area contributed by atoms with E-state index in [1.807, 2.05) is 60.7 Å². The first kappa shape index (κ1) is 31.6. The van der Waals surface area contributed by atoms with E-state index in [1.54, 1.807) is 0 Å².